The molecule has 0 spiro atoms. The lowest BCUT2D eigenvalue weighted by Gasteiger charge is -2.15. The van der Waals surface area contributed by atoms with Gasteiger partial charge in [-0.1, -0.05) is 19.8 Å². The summed E-state index contributed by atoms with van der Waals surface area (Å²) in [6.07, 6.45) is 13.8. The molecule has 23 heavy (non-hydrogen) atoms. The van der Waals surface area contributed by atoms with Crippen molar-refractivity contribution in [2.45, 2.75) is 38.6 Å². The van der Waals surface area contributed by atoms with Crippen LogP contribution in [-0.4, -0.2) is 38.0 Å². The van der Waals surface area contributed by atoms with Gasteiger partial charge in [-0.2, -0.15) is 5.10 Å². The normalized spacial score (nSPS) is 13.1. The maximum Gasteiger partial charge on any atom is 0.141 e. The second kappa shape index (κ2) is 7.17. The molecule has 3 aromatic heterocycles. The van der Waals surface area contributed by atoms with E-state index >= 15 is 0 Å². The Labute approximate surface area is 135 Å². The predicted octanol–water partition coefficient (Wildman–Crippen LogP) is 3.64. The topological polar surface area (TPSA) is 71.8 Å². The van der Waals surface area contributed by atoms with E-state index in [0.717, 1.165) is 35.1 Å². The van der Waals surface area contributed by atoms with Gasteiger partial charge in [-0.05, 0) is 12.5 Å². The Balaban J connectivity index is 1.90. The molecule has 0 saturated heterocycles. The molecule has 0 aliphatic rings. The van der Waals surface area contributed by atoms with E-state index in [1.165, 1.54) is 12.8 Å². The minimum absolute atomic E-state index is 0.343. The SMILES string of the molecule is CCCCC(CC=NC)n1cc(-c2ncnc3[nH]ccc23)cn1. The quantitative estimate of drug-likeness (QED) is 0.677. The highest BCUT2D eigenvalue weighted by atomic mass is 15.3. The minimum atomic E-state index is 0.343. The molecule has 0 radical (unpaired) electrons. The van der Waals surface area contributed by atoms with Gasteiger partial charge in [0.15, 0.2) is 0 Å². The van der Waals surface area contributed by atoms with Crippen molar-refractivity contribution in [3.63, 3.8) is 0 Å². The number of H-pyrrole nitrogens is 1. The fourth-order valence-electron chi connectivity index (χ4n) is 2.79. The molecule has 6 heteroatoms. The van der Waals surface area contributed by atoms with E-state index in [0.29, 0.717) is 6.04 Å². The predicted molar refractivity (Wildman–Crippen MR) is 92.7 cm³/mol. The number of aliphatic imine (C=N–C) groups is 1. The van der Waals surface area contributed by atoms with Crippen LogP contribution in [0.3, 0.4) is 0 Å². The molecule has 0 aliphatic carbocycles. The maximum atomic E-state index is 4.57. The molecule has 0 aliphatic heterocycles. The average molecular weight is 310 g/mol. The van der Waals surface area contributed by atoms with Crippen LogP contribution < -0.4 is 0 Å². The van der Waals surface area contributed by atoms with Crippen LogP contribution in [0.5, 0.6) is 0 Å². The lowest BCUT2D eigenvalue weighted by molar-refractivity contribution is 0.425. The molecule has 120 valence electrons. The van der Waals surface area contributed by atoms with E-state index in [4.69, 9.17) is 0 Å². The summed E-state index contributed by atoms with van der Waals surface area (Å²) in [6, 6.07) is 2.34. The van der Waals surface area contributed by atoms with Gasteiger partial charge in [-0.25, -0.2) is 9.97 Å². The molecule has 3 rings (SSSR count). The molecule has 0 fully saturated rings. The van der Waals surface area contributed by atoms with E-state index < -0.39 is 0 Å². The molecule has 1 N–H and O–H groups in total. The summed E-state index contributed by atoms with van der Waals surface area (Å²) in [4.78, 5) is 15.9. The third-order valence-electron chi connectivity index (χ3n) is 4.05. The van der Waals surface area contributed by atoms with Crippen LogP contribution >= 0.6 is 0 Å². The molecule has 0 aromatic carbocycles. The van der Waals surface area contributed by atoms with Crippen molar-refractivity contribution in [2.24, 2.45) is 4.99 Å². The van der Waals surface area contributed by atoms with Crippen molar-refractivity contribution in [3.8, 4) is 11.3 Å². The van der Waals surface area contributed by atoms with Crippen molar-refractivity contribution in [3.05, 3.63) is 31.0 Å². The molecule has 1 atom stereocenters. The molecular weight excluding hydrogens is 288 g/mol. The van der Waals surface area contributed by atoms with Crippen LogP contribution in [0.25, 0.3) is 22.3 Å². The van der Waals surface area contributed by atoms with E-state index in [1.54, 1.807) is 6.33 Å². The van der Waals surface area contributed by atoms with Gasteiger partial charge in [0, 0.05) is 43.0 Å². The van der Waals surface area contributed by atoms with Crippen molar-refractivity contribution in [2.75, 3.05) is 7.05 Å². The number of nitrogens with zero attached hydrogens (tertiary/aromatic N) is 5. The van der Waals surface area contributed by atoms with Gasteiger partial charge in [-0.15, -0.1) is 0 Å². The molecule has 6 nitrogen and oxygen atoms in total. The summed E-state index contributed by atoms with van der Waals surface area (Å²) in [7, 11) is 1.81. The second-order valence-corrected chi connectivity index (χ2v) is 5.64. The van der Waals surface area contributed by atoms with Gasteiger partial charge < -0.3 is 9.98 Å². The van der Waals surface area contributed by atoms with Gasteiger partial charge in [-0.3, -0.25) is 4.68 Å². The largest absolute Gasteiger partial charge is 0.346 e. The number of aromatic nitrogens is 5. The first-order chi connectivity index (χ1) is 11.3. The molecule has 0 bridgehead atoms. The molecule has 3 heterocycles. The van der Waals surface area contributed by atoms with Gasteiger partial charge in [0.05, 0.1) is 17.9 Å². The first kappa shape index (κ1) is 15.4. The second-order valence-electron chi connectivity index (χ2n) is 5.64. The Bertz CT molecular complexity index is 785. The summed E-state index contributed by atoms with van der Waals surface area (Å²) in [5, 5.41) is 5.59. The highest BCUT2D eigenvalue weighted by Gasteiger charge is 2.14. The molecule has 1 unspecified atom stereocenters. The van der Waals surface area contributed by atoms with Crippen LogP contribution in [0.4, 0.5) is 0 Å². The zero-order chi connectivity index (χ0) is 16.1. The molecule has 0 amide bonds. The summed E-state index contributed by atoms with van der Waals surface area (Å²) in [6.45, 7) is 2.21. The van der Waals surface area contributed by atoms with Crippen molar-refractivity contribution in [1.29, 1.82) is 0 Å². The third-order valence-corrected chi connectivity index (χ3v) is 4.05. The summed E-state index contributed by atoms with van der Waals surface area (Å²) >= 11 is 0. The number of hydrogen-bond donors (Lipinski definition) is 1. The fraction of sp³-hybridized carbons (Fsp3) is 0.412. The molecule has 3 aromatic rings. The van der Waals surface area contributed by atoms with Crippen LogP contribution in [-0.2, 0) is 0 Å². The van der Waals surface area contributed by atoms with Gasteiger partial charge in [0.2, 0.25) is 0 Å². The van der Waals surface area contributed by atoms with E-state index in [1.807, 2.05) is 36.4 Å². The minimum Gasteiger partial charge on any atom is -0.346 e. The maximum absolute atomic E-state index is 4.57. The Morgan fingerprint density at radius 3 is 3.13 bits per heavy atom. The van der Waals surface area contributed by atoms with Crippen molar-refractivity contribution in [1.82, 2.24) is 24.7 Å². The van der Waals surface area contributed by atoms with Crippen molar-refractivity contribution >= 4 is 17.2 Å². The summed E-state index contributed by atoms with van der Waals surface area (Å²) < 4.78 is 2.05. The van der Waals surface area contributed by atoms with Gasteiger partial charge in [0.25, 0.3) is 0 Å². The summed E-state index contributed by atoms with van der Waals surface area (Å²) in [5.41, 5.74) is 2.79. The van der Waals surface area contributed by atoms with Gasteiger partial charge in [0.1, 0.15) is 12.0 Å². The first-order valence-corrected chi connectivity index (χ1v) is 8.06. The highest BCUT2D eigenvalue weighted by molar-refractivity contribution is 5.89. The Morgan fingerprint density at radius 2 is 2.30 bits per heavy atom. The van der Waals surface area contributed by atoms with E-state index in [2.05, 4.69) is 38.2 Å². The highest BCUT2D eigenvalue weighted by Crippen LogP contribution is 2.26. The zero-order valence-corrected chi connectivity index (χ0v) is 13.6. The molecular formula is C17H22N6. The van der Waals surface area contributed by atoms with Gasteiger partial charge >= 0.3 is 0 Å². The average Bonchev–Trinajstić information content (AvgIpc) is 3.24. The lowest BCUT2D eigenvalue weighted by atomic mass is 10.1. The van der Waals surface area contributed by atoms with E-state index in [-0.39, 0.29) is 0 Å². The van der Waals surface area contributed by atoms with Crippen LogP contribution in [0.2, 0.25) is 0 Å². The standard InChI is InChI=1S/C17H22N6/c1-3-4-5-14(6-8-18-2)23-11-13(10-22-23)16-15-7-9-19-17(15)21-12-20-16/h7-12,14H,3-6H2,1-2H3,(H,19,20,21). The summed E-state index contributed by atoms with van der Waals surface area (Å²) in [5.74, 6) is 0. The number of nitrogens with one attached hydrogen (secondary N) is 1. The van der Waals surface area contributed by atoms with Crippen LogP contribution in [0.15, 0.2) is 36.0 Å². The Hall–Kier alpha value is -2.50. The van der Waals surface area contributed by atoms with Crippen molar-refractivity contribution < 1.29 is 0 Å². The van der Waals surface area contributed by atoms with Crippen LogP contribution in [0.1, 0.15) is 38.6 Å². The molecule has 0 saturated carbocycles. The number of rotatable bonds is 7. The van der Waals surface area contributed by atoms with E-state index in [9.17, 15) is 0 Å². The first-order valence-electron chi connectivity index (χ1n) is 8.06. The number of fused-ring (bicyclic) bond motifs is 1. The zero-order valence-electron chi connectivity index (χ0n) is 13.6. The monoisotopic (exact) mass is 310 g/mol. The fourth-order valence-corrected chi connectivity index (χ4v) is 2.79. The number of hydrogen-bond acceptors (Lipinski definition) is 4. The lowest BCUT2D eigenvalue weighted by Crippen LogP contribution is -2.10. The Kier molecular flexibility index (Phi) is 4.80. The Morgan fingerprint density at radius 1 is 1.39 bits per heavy atom. The van der Waals surface area contributed by atoms with Crippen LogP contribution in [0, 0.1) is 0 Å². The number of unbranched alkanes of at least 4 members (excludes halogenated alkanes) is 1. The number of aromatic amines is 1. The smallest absolute Gasteiger partial charge is 0.141 e. The third kappa shape index (κ3) is 3.31.